The van der Waals surface area contributed by atoms with Crippen molar-refractivity contribution >= 4 is 5.91 Å². The van der Waals surface area contributed by atoms with Crippen molar-refractivity contribution in [3.05, 3.63) is 52.6 Å². The van der Waals surface area contributed by atoms with Crippen LogP contribution in [0.1, 0.15) is 53.0 Å². The highest BCUT2D eigenvalue weighted by molar-refractivity contribution is 5.93. The van der Waals surface area contributed by atoms with E-state index in [1.54, 1.807) is 0 Å². The van der Waals surface area contributed by atoms with Gasteiger partial charge in [-0.25, -0.2) is 4.39 Å². The molecule has 0 unspecified atom stereocenters. The third-order valence-corrected chi connectivity index (χ3v) is 6.47. The fourth-order valence-electron chi connectivity index (χ4n) is 4.64. The van der Waals surface area contributed by atoms with Crippen LogP contribution in [0, 0.1) is 11.7 Å². The first-order valence-electron chi connectivity index (χ1n) is 10.9. The molecular weight excluding hydrogens is 367 g/mol. The molecule has 1 saturated heterocycles. The van der Waals surface area contributed by atoms with Gasteiger partial charge < -0.3 is 9.80 Å². The highest BCUT2D eigenvalue weighted by Gasteiger charge is 2.26. The third-order valence-electron chi connectivity index (χ3n) is 6.47. The number of piperidine rings is 1. The lowest BCUT2D eigenvalue weighted by molar-refractivity contribution is 0.0733. The molecule has 29 heavy (non-hydrogen) atoms. The molecule has 1 aromatic carbocycles. The second-order valence-corrected chi connectivity index (χ2v) is 8.58. The van der Waals surface area contributed by atoms with Crippen molar-refractivity contribution in [1.82, 2.24) is 20.0 Å². The van der Waals surface area contributed by atoms with Gasteiger partial charge in [0.05, 0.1) is 0 Å². The lowest BCUT2D eigenvalue weighted by atomic mass is 9.94. The van der Waals surface area contributed by atoms with E-state index >= 15 is 0 Å². The molecule has 2 aliphatic rings. The van der Waals surface area contributed by atoms with Crippen LogP contribution in [-0.2, 0) is 19.3 Å². The van der Waals surface area contributed by atoms with E-state index in [4.69, 9.17) is 0 Å². The fraction of sp³-hybridized carbons (Fsp3) is 0.565. The van der Waals surface area contributed by atoms with Crippen LogP contribution >= 0.6 is 0 Å². The second kappa shape index (κ2) is 9.08. The van der Waals surface area contributed by atoms with Gasteiger partial charge in [0, 0.05) is 31.4 Å². The summed E-state index contributed by atoms with van der Waals surface area (Å²) in [6, 6.07) is 6.81. The molecular formula is C23H31FN4O. The molecule has 0 atom stereocenters. The summed E-state index contributed by atoms with van der Waals surface area (Å²) >= 11 is 0. The minimum atomic E-state index is -0.177. The SMILES string of the molecule is CN(CC1CCN(CCc2ccc(F)cc2)CC1)C(=O)c1n[nH]c2c1CCCC2. The van der Waals surface area contributed by atoms with Crippen LogP contribution in [0.5, 0.6) is 0 Å². The van der Waals surface area contributed by atoms with Gasteiger partial charge in [-0.15, -0.1) is 0 Å². The van der Waals surface area contributed by atoms with Gasteiger partial charge in [0.1, 0.15) is 5.82 Å². The Morgan fingerprint density at radius 2 is 1.93 bits per heavy atom. The minimum Gasteiger partial charge on any atom is -0.340 e. The van der Waals surface area contributed by atoms with Crippen molar-refractivity contribution in [3.63, 3.8) is 0 Å². The number of aryl methyl sites for hydroxylation is 1. The van der Waals surface area contributed by atoms with Gasteiger partial charge in [0.2, 0.25) is 0 Å². The van der Waals surface area contributed by atoms with Crippen LogP contribution in [0.2, 0.25) is 0 Å². The van der Waals surface area contributed by atoms with Crippen molar-refractivity contribution in [2.45, 2.75) is 44.9 Å². The normalized spacial score (nSPS) is 17.9. The van der Waals surface area contributed by atoms with E-state index in [-0.39, 0.29) is 11.7 Å². The van der Waals surface area contributed by atoms with Gasteiger partial charge in [0.15, 0.2) is 5.69 Å². The van der Waals surface area contributed by atoms with Crippen molar-refractivity contribution in [2.24, 2.45) is 5.92 Å². The second-order valence-electron chi connectivity index (χ2n) is 8.58. The average Bonchev–Trinajstić information content (AvgIpc) is 3.18. The molecule has 6 heteroatoms. The number of likely N-dealkylation sites (tertiary alicyclic amines) is 1. The number of benzene rings is 1. The number of hydrogen-bond donors (Lipinski definition) is 1. The molecule has 2 heterocycles. The number of halogens is 1. The molecule has 0 radical (unpaired) electrons. The van der Waals surface area contributed by atoms with Gasteiger partial charge in [-0.3, -0.25) is 9.89 Å². The number of rotatable bonds is 6. The fourth-order valence-corrected chi connectivity index (χ4v) is 4.64. The summed E-state index contributed by atoms with van der Waals surface area (Å²) in [7, 11) is 1.91. The first-order chi connectivity index (χ1) is 14.1. The molecule has 1 aliphatic heterocycles. The molecule has 0 spiro atoms. The van der Waals surface area contributed by atoms with E-state index in [1.165, 1.54) is 24.1 Å². The molecule has 1 fully saturated rings. The summed E-state index contributed by atoms with van der Waals surface area (Å²) in [6.07, 6.45) is 7.47. The van der Waals surface area contributed by atoms with Crippen molar-refractivity contribution in [3.8, 4) is 0 Å². The predicted octanol–water partition coefficient (Wildman–Crippen LogP) is 3.45. The lowest BCUT2D eigenvalue weighted by Crippen LogP contribution is -2.40. The number of amides is 1. The van der Waals surface area contributed by atoms with E-state index < -0.39 is 0 Å². The molecule has 4 rings (SSSR count). The number of nitrogens with zero attached hydrogens (tertiary/aromatic N) is 3. The van der Waals surface area contributed by atoms with E-state index in [0.29, 0.717) is 11.6 Å². The summed E-state index contributed by atoms with van der Waals surface area (Å²) in [4.78, 5) is 17.2. The van der Waals surface area contributed by atoms with Crippen LogP contribution in [0.15, 0.2) is 24.3 Å². The summed E-state index contributed by atoms with van der Waals surface area (Å²) in [5, 5.41) is 7.41. The Morgan fingerprint density at radius 1 is 1.21 bits per heavy atom. The number of hydrogen-bond acceptors (Lipinski definition) is 3. The average molecular weight is 399 g/mol. The van der Waals surface area contributed by atoms with E-state index in [0.717, 1.165) is 76.0 Å². The minimum absolute atomic E-state index is 0.0585. The maximum Gasteiger partial charge on any atom is 0.274 e. The van der Waals surface area contributed by atoms with Crippen LogP contribution in [0.25, 0.3) is 0 Å². The van der Waals surface area contributed by atoms with Crippen molar-refractivity contribution in [2.75, 3.05) is 33.2 Å². The number of carbonyl (C=O) groups is 1. The molecule has 1 amide bonds. The van der Waals surface area contributed by atoms with E-state index in [1.807, 2.05) is 24.1 Å². The largest absolute Gasteiger partial charge is 0.340 e. The van der Waals surface area contributed by atoms with Crippen molar-refractivity contribution in [1.29, 1.82) is 0 Å². The third kappa shape index (κ3) is 4.86. The first-order valence-corrected chi connectivity index (χ1v) is 10.9. The molecule has 1 aliphatic carbocycles. The highest BCUT2D eigenvalue weighted by atomic mass is 19.1. The number of aromatic amines is 1. The number of H-pyrrole nitrogens is 1. The Morgan fingerprint density at radius 3 is 2.69 bits per heavy atom. The summed E-state index contributed by atoms with van der Waals surface area (Å²) in [6.45, 7) is 3.93. The quantitative estimate of drug-likeness (QED) is 0.811. The Hall–Kier alpha value is -2.21. The highest BCUT2D eigenvalue weighted by Crippen LogP contribution is 2.24. The Balaban J connectivity index is 1.23. The lowest BCUT2D eigenvalue weighted by Gasteiger charge is -2.33. The molecule has 156 valence electrons. The van der Waals surface area contributed by atoms with E-state index in [9.17, 15) is 9.18 Å². The summed E-state index contributed by atoms with van der Waals surface area (Å²) in [5.41, 5.74) is 4.12. The van der Waals surface area contributed by atoms with Crippen LogP contribution in [0.3, 0.4) is 0 Å². The summed E-state index contributed by atoms with van der Waals surface area (Å²) < 4.78 is 13.0. The molecule has 1 N–H and O–H groups in total. The Kier molecular flexibility index (Phi) is 6.28. The Labute approximate surface area is 172 Å². The zero-order valence-electron chi connectivity index (χ0n) is 17.3. The summed E-state index contributed by atoms with van der Waals surface area (Å²) in [5.74, 6) is 0.424. The smallest absolute Gasteiger partial charge is 0.274 e. The zero-order chi connectivity index (χ0) is 20.2. The predicted molar refractivity (Wildman–Crippen MR) is 111 cm³/mol. The number of nitrogens with one attached hydrogen (secondary N) is 1. The van der Waals surface area contributed by atoms with Gasteiger partial charge in [-0.1, -0.05) is 12.1 Å². The van der Waals surface area contributed by atoms with Gasteiger partial charge in [-0.2, -0.15) is 5.10 Å². The van der Waals surface area contributed by atoms with Gasteiger partial charge in [-0.05, 0) is 81.6 Å². The van der Waals surface area contributed by atoms with Crippen LogP contribution in [-0.4, -0.2) is 59.1 Å². The van der Waals surface area contributed by atoms with E-state index in [2.05, 4.69) is 15.1 Å². The van der Waals surface area contributed by atoms with Gasteiger partial charge in [0.25, 0.3) is 5.91 Å². The molecule has 2 aromatic rings. The monoisotopic (exact) mass is 398 g/mol. The Bertz CT molecular complexity index is 824. The molecule has 0 saturated carbocycles. The maximum atomic E-state index is 13.0. The molecule has 5 nitrogen and oxygen atoms in total. The van der Waals surface area contributed by atoms with Gasteiger partial charge >= 0.3 is 0 Å². The van der Waals surface area contributed by atoms with Crippen molar-refractivity contribution < 1.29 is 9.18 Å². The first kappa shape index (κ1) is 20.1. The standard InChI is InChI=1S/C23H31FN4O/c1-27(23(29)22-20-4-2-3-5-21(20)25-26-22)16-18-11-14-28(15-12-18)13-10-17-6-8-19(24)9-7-17/h6-9,18H,2-5,10-16H2,1H3,(H,25,26). The molecule has 0 bridgehead atoms. The zero-order valence-corrected chi connectivity index (χ0v) is 17.3. The number of fused-ring (bicyclic) bond motifs is 1. The number of carbonyl (C=O) groups excluding carboxylic acids is 1. The van der Waals surface area contributed by atoms with Crippen LogP contribution in [0.4, 0.5) is 4.39 Å². The maximum absolute atomic E-state index is 13.0. The molecule has 1 aromatic heterocycles. The number of aromatic nitrogens is 2. The van der Waals surface area contributed by atoms with Crippen LogP contribution < -0.4 is 0 Å². The topological polar surface area (TPSA) is 52.2 Å².